The lowest BCUT2D eigenvalue weighted by atomic mass is 9.86. The van der Waals surface area contributed by atoms with Crippen molar-refractivity contribution >= 4 is 47.2 Å². The molecule has 7 heteroatoms. The number of aromatic nitrogens is 1. The number of aryl methyl sites for hydroxylation is 1. The van der Waals surface area contributed by atoms with Crippen LogP contribution in [0.15, 0.2) is 54.7 Å². The fourth-order valence-corrected chi connectivity index (χ4v) is 6.49. The van der Waals surface area contributed by atoms with Gasteiger partial charge < -0.3 is 19.9 Å². The molecule has 2 aromatic carbocycles. The predicted molar refractivity (Wildman–Crippen MR) is 154 cm³/mol. The van der Waals surface area contributed by atoms with E-state index in [1.165, 1.54) is 16.5 Å². The first kappa shape index (κ1) is 25.3. The Hall–Kier alpha value is -2.35. The molecular weight excluding hydrogens is 463 g/mol. The Labute approximate surface area is 221 Å². The maximum atomic E-state index is 10.3. The number of rotatable bonds is 6. The van der Waals surface area contributed by atoms with Gasteiger partial charge in [-0.1, -0.05) is 35.8 Å². The highest BCUT2D eigenvalue weighted by atomic mass is 32.1. The number of anilines is 1. The Morgan fingerprint density at radius 2 is 1.81 bits per heavy atom. The van der Waals surface area contributed by atoms with Crippen LogP contribution in [0.1, 0.15) is 43.6 Å². The minimum Gasteiger partial charge on any atom is -0.395 e. The first-order chi connectivity index (χ1) is 17.5. The van der Waals surface area contributed by atoms with Gasteiger partial charge in [-0.15, -0.1) is 0 Å². The van der Waals surface area contributed by atoms with Gasteiger partial charge in [-0.2, -0.15) is 0 Å². The van der Waals surface area contributed by atoms with E-state index in [1.54, 1.807) is 0 Å². The third-order valence-corrected chi connectivity index (χ3v) is 8.63. The monoisotopic (exact) mass is 500 g/mol. The second kappa shape index (κ2) is 11.4. The van der Waals surface area contributed by atoms with Crippen LogP contribution in [-0.2, 0) is 7.05 Å². The van der Waals surface area contributed by atoms with Crippen molar-refractivity contribution in [2.45, 2.75) is 44.1 Å². The minimum absolute atomic E-state index is 0.245. The van der Waals surface area contributed by atoms with Crippen molar-refractivity contribution in [2.24, 2.45) is 13.0 Å². The van der Waals surface area contributed by atoms with Gasteiger partial charge in [-0.05, 0) is 93.0 Å². The SMILES string of the molecule is [B]c1cccc(NC(=S)N2CCC(CC(CO)N3CCC(c4cn(C)c5ccccc45)CC3)CC2)c1. The van der Waals surface area contributed by atoms with Gasteiger partial charge in [-0.3, -0.25) is 4.90 Å². The van der Waals surface area contributed by atoms with Crippen LogP contribution in [0.3, 0.4) is 0 Å². The normalized spacial score (nSPS) is 19.0. The topological polar surface area (TPSA) is 43.7 Å². The zero-order valence-corrected chi connectivity index (χ0v) is 22.1. The van der Waals surface area contributed by atoms with Crippen LogP contribution in [-0.4, -0.2) is 71.3 Å². The van der Waals surface area contributed by atoms with Crippen LogP contribution in [0.5, 0.6) is 0 Å². The van der Waals surface area contributed by atoms with Crippen LogP contribution in [0.25, 0.3) is 10.9 Å². The first-order valence-electron chi connectivity index (χ1n) is 13.3. The van der Waals surface area contributed by atoms with E-state index in [9.17, 15) is 5.11 Å². The number of hydrogen-bond acceptors (Lipinski definition) is 3. The van der Waals surface area contributed by atoms with Gasteiger partial charge in [0.15, 0.2) is 5.11 Å². The zero-order valence-electron chi connectivity index (χ0n) is 21.3. The van der Waals surface area contributed by atoms with E-state index in [-0.39, 0.29) is 12.6 Å². The summed E-state index contributed by atoms with van der Waals surface area (Å²) in [6, 6.07) is 16.7. The number of fused-ring (bicyclic) bond motifs is 1. The molecule has 2 N–H and O–H groups in total. The van der Waals surface area contributed by atoms with E-state index in [2.05, 4.69) is 57.2 Å². The molecule has 3 aromatic rings. The van der Waals surface area contributed by atoms with Gasteiger partial charge in [-0.25, -0.2) is 0 Å². The van der Waals surface area contributed by atoms with Crippen molar-refractivity contribution < 1.29 is 5.11 Å². The molecule has 2 aliphatic rings. The van der Waals surface area contributed by atoms with Crippen molar-refractivity contribution in [2.75, 3.05) is 38.1 Å². The van der Waals surface area contributed by atoms with E-state index >= 15 is 0 Å². The number of hydrogen-bond donors (Lipinski definition) is 2. The molecule has 5 rings (SSSR count). The maximum absolute atomic E-state index is 10.3. The highest BCUT2D eigenvalue weighted by Crippen LogP contribution is 2.35. The number of likely N-dealkylation sites (tertiary alicyclic amines) is 2. The highest BCUT2D eigenvalue weighted by molar-refractivity contribution is 7.80. The van der Waals surface area contributed by atoms with E-state index in [1.807, 2.05) is 24.3 Å². The lowest BCUT2D eigenvalue weighted by molar-refractivity contribution is 0.0737. The lowest BCUT2D eigenvalue weighted by Crippen LogP contribution is -2.46. The number of benzene rings is 2. The molecule has 3 heterocycles. The largest absolute Gasteiger partial charge is 0.395 e. The fourth-order valence-electron chi connectivity index (χ4n) is 6.19. The summed E-state index contributed by atoms with van der Waals surface area (Å²) in [6.07, 6.45) is 7.94. The summed E-state index contributed by atoms with van der Waals surface area (Å²) < 4.78 is 2.26. The van der Waals surface area contributed by atoms with Crippen LogP contribution in [0, 0.1) is 5.92 Å². The van der Waals surface area contributed by atoms with E-state index in [4.69, 9.17) is 20.1 Å². The molecule has 2 saturated heterocycles. The van der Waals surface area contributed by atoms with Gasteiger partial charge in [0.1, 0.15) is 7.85 Å². The molecule has 36 heavy (non-hydrogen) atoms. The van der Waals surface area contributed by atoms with E-state index in [0.29, 0.717) is 11.8 Å². The summed E-state index contributed by atoms with van der Waals surface area (Å²) in [7, 11) is 8.04. The van der Waals surface area contributed by atoms with Gasteiger partial charge >= 0.3 is 0 Å². The quantitative estimate of drug-likeness (QED) is 0.396. The van der Waals surface area contributed by atoms with Gasteiger partial charge in [0.25, 0.3) is 0 Å². The number of para-hydroxylation sites is 1. The Balaban J connectivity index is 1.11. The number of aliphatic hydroxyl groups excluding tert-OH is 1. The zero-order chi connectivity index (χ0) is 25.1. The molecule has 0 bridgehead atoms. The van der Waals surface area contributed by atoms with Crippen molar-refractivity contribution in [3.8, 4) is 0 Å². The van der Waals surface area contributed by atoms with Crippen molar-refractivity contribution in [1.82, 2.24) is 14.4 Å². The van der Waals surface area contributed by atoms with Crippen molar-refractivity contribution in [3.63, 3.8) is 0 Å². The number of thiocarbonyl (C=S) groups is 1. The predicted octanol–water partition coefficient (Wildman–Crippen LogP) is 4.01. The maximum Gasteiger partial charge on any atom is 0.173 e. The number of piperidine rings is 2. The summed E-state index contributed by atoms with van der Waals surface area (Å²) in [5.41, 5.74) is 4.48. The van der Waals surface area contributed by atoms with Crippen LogP contribution in [0.2, 0.25) is 0 Å². The summed E-state index contributed by atoms with van der Waals surface area (Å²) in [5, 5.41) is 15.8. The van der Waals surface area contributed by atoms with Gasteiger partial charge in [0.05, 0.1) is 6.61 Å². The number of nitrogens with one attached hydrogen (secondary N) is 1. The molecule has 0 spiro atoms. The van der Waals surface area contributed by atoms with Crippen LogP contribution >= 0.6 is 12.2 Å². The lowest BCUT2D eigenvalue weighted by Gasteiger charge is -2.40. The molecule has 1 aromatic heterocycles. The summed E-state index contributed by atoms with van der Waals surface area (Å²) >= 11 is 5.66. The molecule has 2 radical (unpaired) electrons. The molecule has 1 atom stereocenters. The van der Waals surface area contributed by atoms with E-state index in [0.717, 1.165) is 74.5 Å². The molecule has 0 saturated carbocycles. The third kappa shape index (κ3) is 5.64. The third-order valence-electron chi connectivity index (χ3n) is 8.27. The second-order valence-corrected chi connectivity index (χ2v) is 11.0. The molecule has 188 valence electrons. The average Bonchev–Trinajstić information content (AvgIpc) is 3.24. The standard InChI is InChI=1S/C29H37BN4OS/c1-32-19-27(26-7-2-3-8-28(26)32)22-11-15-33(16-12-22)25(20-35)17-21-9-13-34(14-10-21)29(36)31-24-6-4-5-23(30)18-24/h2-8,18-19,21-22,25,35H,9-17,20H2,1H3,(H,31,36). The number of nitrogens with zero attached hydrogens (tertiary/aromatic N) is 3. The van der Waals surface area contributed by atoms with E-state index < -0.39 is 0 Å². The average molecular weight is 501 g/mol. The minimum atomic E-state index is 0.245. The molecule has 0 aliphatic carbocycles. The molecular formula is C29H37BN4OS. The first-order valence-corrected chi connectivity index (χ1v) is 13.7. The molecule has 2 aliphatic heterocycles. The molecule has 2 fully saturated rings. The Morgan fingerprint density at radius 1 is 1.06 bits per heavy atom. The van der Waals surface area contributed by atoms with Crippen LogP contribution < -0.4 is 10.8 Å². The Kier molecular flexibility index (Phi) is 7.99. The Morgan fingerprint density at radius 3 is 2.53 bits per heavy atom. The number of aliphatic hydroxyl groups is 1. The van der Waals surface area contributed by atoms with Crippen molar-refractivity contribution in [3.05, 3.63) is 60.3 Å². The summed E-state index contributed by atoms with van der Waals surface area (Å²) in [6.45, 7) is 4.28. The smallest absolute Gasteiger partial charge is 0.173 e. The van der Waals surface area contributed by atoms with Crippen LogP contribution in [0.4, 0.5) is 5.69 Å². The Bertz CT molecular complexity index is 1180. The molecule has 0 amide bonds. The second-order valence-electron chi connectivity index (χ2n) is 10.6. The highest BCUT2D eigenvalue weighted by Gasteiger charge is 2.30. The van der Waals surface area contributed by atoms with Crippen molar-refractivity contribution in [1.29, 1.82) is 0 Å². The van der Waals surface area contributed by atoms with Gasteiger partial charge in [0, 0.05) is 49.0 Å². The summed E-state index contributed by atoms with van der Waals surface area (Å²) in [5.74, 6) is 1.23. The fraction of sp³-hybridized carbons (Fsp3) is 0.483. The molecule has 5 nitrogen and oxygen atoms in total. The molecule has 1 unspecified atom stereocenters. The summed E-state index contributed by atoms with van der Waals surface area (Å²) in [4.78, 5) is 4.80. The van der Waals surface area contributed by atoms with Gasteiger partial charge in [0.2, 0.25) is 0 Å².